The van der Waals surface area contributed by atoms with Gasteiger partial charge in [0.15, 0.2) is 5.69 Å². The molecule has 9 heteroatoms. The van der Waals surface area contributed by atoms with E-state index in [0.717, 1.165) is 29.2 Å². The van der Waals surface area contributed by atoms with Crippen LogP contribution in [0.1, 0.15) is 50.0 Å². The Labute approximate surface area is 176 Å². The lowest BCUT2D eigenvalue weighted by Gasteiger charge is -2.27. The van der Waals surface area contributed by atoms with Gasteiger partial charge in [0.25, 0.3) is 11.8 Å². The number of carbonyl (C=O) groups excluding carboxylic acids is 2. The van der Waals surface area contributed by atoms with Crippen LogP contribution in [-0.4, -0.2) is 38.0 Å². The molecule has 0 bridgehead atoms. The smallest absolute Gasteiger partial charge is 0.272 e. The molecule has 7 nitrogen and oxygen atoms in total. The number of amides is 2. The molecule has 3 aromatic rings. The maximum absolute atomic E-state index is 12.9. The average Bonchev–Trinajstić information content (AvgIpc) is 3.16. The Balaban J connectivity index is 1.40. The highest BCUT2D eigenvalue weighted by Crippen LogP contribution is 2.33. The van der Waals surface area contributed by atoms with E-state index in [0.29, 0.717) is 36.8 Å². The molecule has 0 spiro atoms. The van der Waals surface area contributed by atoms with E-state index in [1.807, 2.05) is 31.8 Å². The van der Waals surface area contributed by atoms with Crippen LogP contribution in [0.5, 0.6) is 0 Å². The van der Waals surface area contributed by atoms with E-state index in [9.17, 15) is 9.59 Å². The second-order valence-corrected chi connectivity index (χ2v) is 9.26. The first-order chi connectivity index (χ1) is 14.2. The molecule has 0 aromatic carbocycles. The molecule has 1 N–H and O–H groups in total. The Morgan fingerprint density at radius 3 is 2.90 bits per heavy atom. The van der Waals surface area contributed by atoms with E-state index >= 15 is 0 Å². The Morgan fingerprint density at radius 1 is 1.28 bits per heavy atom. The van der Waals surface area contributed by atoms with Gasteiger partial charge in [-0.3, -0.25) is 14.3 Å². The quantitative estimate of drug-likeness (QED) is 0.656. The van der Waals surface area contributed by atoms with Crippen molar-refractivity contribution < 1.29 is 9.59 Å². The van der Waals surface area contributed by atoms with Gasteiger partial charge in [-0.2, -0.15) is 16.4 Å². The van der Waals surface area contributed by atoms with Crippen LogP contribution in [0.3, 0.4) is 0 Å². The number of nitrogens with one attached hydrogen (secondary N) is 1. The highest BCUT2D eigenvalue weighted by atomic mass is 32.1. The van der Waals surface area contributed by atoms with Gasteiger partial charge in [0.05, 0.1) is 18.7 Å². The second-order valence-electron chi connectivity index (χ2n) is 7.50. The van der Waals surface area contributed by atoms with E-state index in [-0.39, 0.29) is 11.8 Å². The molecule has 0 unspecified atom stereocenters. The first kappa shape index (κ1) is 18.5. The molecule has 1 aliphatic carbocycles. The van der Waals surface area contributed by atoms with E-state index in [1.54, 1.807) is 6.20 Å². The van der Waals surface area contributed by atoms with Crippen molar-refractivity contribution in [3.05, 3.63) is 55.9 Å². The van der Waals surface area contributed by atoms with Crippen LogP contribution in [0.25, 0.3) is 0 Å². The van der Waals surface area contributed by atoms with Crippen molar-refractivity contribution in [1.82, 2.24) is 25.0 Å². The third-order valence-electron chi connectivity index (χ3n) is 5.42. The average molecular weight is 428 g/mol. The van der Waals surface area contributed by atoms with Gasteiger partial charge in [0.1, 0.15) is 5.01 Å². The van der Waals surface area contributed by atoms with Gasteiger partial charge in [-0.1, -0.05) is 0 Å². The molecular weight excluding hydrogens is 406 g/mol. The van der Waals surface area contributed by atoms with E-state index < -0.39 is 0 Å². The highest BCUT2D eigenvalue weighted by Gasteiger charge is 2.32. The molecule has 5 rings (SSSR count). The van der Waals surface area contributed by atoms with Crippen LogP contribution in [0.4, 0.5) is 0 Å². The summed E-state index contributed by atoms with van der Waals surface area (Å²) >= 11 is 3.03. The summed E-state index contributed by atoms with van der Waals surface area (Å²) in [6.07, 6.45) is 4.91. The SMILES string of the molecule is O=C(NCc1nccs1)c1nn(CC2CC2)c2c1CN(C(=O)c1ccsc1)CC2. The van der Waals surface area contributed by atoms with Gasteiger partial charge in [0.2, 0.25) is 0 Å². The number of fused-ring (bicyclic) bond motifs is 1. The normalized spacial score (nSPS) is 15.9. The number of nitrogens with zero attached hydrogens (tertiary/aromatic N) is 4. The number of aromatic nitrogens is 3. The number of thiophene rings is 1. The van der Waals surface area contributed by atoms with Gasteiger partial charge in [0, 0.05) is 47.7 Å². The minimum absolute atomic E-state index is 0.0148. The largest absolute Gasteiger partial charge is 0.344 e. The van der Waals surface area contributed by atoms with Crippen molar-refractivity contribution in [3.8, 4) is 0 Å². The molecule has 0 atom stereocenters. The van der Waals surface area contributed by atoms with Crippen molar-refractivity contribution in [3.63, 3.8) is 0 Å². The summed E-state index contributed by atoms with van der Waals surface area (Å²) in [5, 5.41) is 14.1. The van der Waals surface area contributed by atoms with Gasteiger partial charge in [-0.15, -0.1) is 11.3 Å². The fourth-order valence-corrected chi connectivity index (χ4v) is 4.88. The summed E-state index contributed by atoms with van der Waals surface area (Å²) in [6, 6.07) is 1.85. The number of rotatable bonds is 6. The highest BCUT2D eigenvalue weighted by molar-refractivity contribution is 7.09. The minimum Gasteiger partial charge on any atom is -0.344 e. The Morgan fingerprint density at radius 2 is 2.17 bits per heavy atom. The molecule has 29 heavy (non-hydrogen) atoms. The molecule has 3 aromatic heterocycles. The second kappa shape index (κ2) is 7.72. The van der Waals surface area contributed by atoms with E-state index in [2.05, 4.69) is 15.4 Å². The summed E-state index contributed by atoms with van der Waals surface area (Å²) in [6.45, 7) is 2.33. The summed E-state index contributed by atoms with van der Waals surface area (Å²) in [5.74, 6) is 0.479. The zero-order valence-electron chi connectivity index (χ0n) is 15.8. The molecular formula is C20H21N5O2S2. The van der Waals surface area contributed by atoms with Crippen molar-refractivity contribution in [2.75, 3.05) is 6.54 Å². The van der Waals surface area contributed by atoms with Gasteiger partial charge >= 0.3 is 0 Å². The molecule has 0 saturated heterocycles. The van der Waals surface area contributed by atoms with Crippen molar-refractivity contribution in [2.45, 2.75) is 38.9 Å². The minimum atomic E-state index is -0.198. The van der Waals surface area contributed by atoms with Gasteiger partial charge in [-0.05, 0) is 30.2 Å². The van der Waals surface area contributed by atoms with Crippen molar-refractivity contribution in [1.29, 1.82) is 0 Å². The predicted octanol–water partition coefficient (Wildman–Crippen LogP) is 2.94. The fraction of sp³-hybridized carbons (Fsp3) is 0.400. The topological polar surface area (TPSA) is 80.1 Å². The summed E-state index contributed by atoms with van der Waals surface area (Å²) in [4.78, 5) is 31.8. The molecule has 2 amide bonds. The van der Waals surface area contributed by atoms with E-state index in [1.165, 1.54) is 35.5 Å². The molecule has 0 radical (unpaired) electrons. The van der Waals surface area contributed by atoms with Crippen LogP contribution in [0.2, 0.25) is 0 Å². The number of hydrogen-bond donors (Lipinski definition) is 1. The summed E-state index contributed by atoms with van der Waals surface area (Å²) in [7, 11) is 0. The molecule has 1 fully saturated rings. The molecule has 1 aliphatic heterocycles. The zero-order valence-corrected chi connectivity index (χ0v) is 17.5. The lowest BCUT2D eigenvalue weighted by Crippen LogP contribution is -2.37. The van der Waals surface area contributed by atoms with Crippen LogP contribution >= 0.6 is 22.7 Å². The zero-order chi connectivity index (χ0) is 19.8. The van der Waals surface area contributed by atoms with Crippen LogP contribution in [0, 0.1) is 5.92 Å². The number of thiazole rings is 1. The van der Waals surface area contributed by atoms with Crippen molar-refractivity contribution >= 4 is 34.5 Å². The first-order valence-corrected chi connectivity index (χ1v) is 11.6. The molecule has 2 aliphatic rings. The lowest BCUT2D eigenvalue weighted by molar-refractivity contribution is 0.0731. The van der Waals surface area contributed by atoms with Crippen LogP contribution in [0.15, 0.2) is 28.4 Å². The van der Waals surface area contributed by atoms with Crippen LogP contribution in [-0.2, 0) is 26.1 Å². The lowest BCUT2D eigenvalue weighted by atomic mass is 10.0. The van der Waals surface area contributed by atoms with E-state index in [4.69, 9.17) is 0 Å². The Hall–Kier alpha value is -2.52. The van der Waals surface area contributed by atoms with Crippen molar-refractivity contribution in [2.24, 2.45) is 5.92 Å². The first-order valence-electron chi connectivity index (χ1n) is 9.75. The maximum atomic E-state index is 12.9. The standard InChI is InChI=1S/C20H21N5O2S2/c26-19(22-9-17-21-5-8-29-17)18-15-11-24(20(27)14-4-7-28-12-14)6-3-16(15)25(23-18)10-13-1-2-13/h4-5,7-8,12-13H,1-3,6,9-11H2,(H,22,26). The Kier molecular flexibility index (Phi) is 4.92. The fourth-order valence-electron chi connectivity index (χ4n) is 3.69. The van der Waals surface area contributed by atoms with Gasteiger partial charge in [-0.25, -0.2) is 4.98 Å². The molecule has 150 valence electrons. The number of hydrogen-bond acceptors (Lipinski definition) is 6. The molecule has 4 heterocycles. The monoisotopic (exact) mass is 427 g/mol. The maximum Gasteiger partial charge on any atom is 0.272 e. The predicted molar refractivity (Wildman–Crippen MR) is 111 cm³/mol. The summed E-state index contributed by atoms with van der Waals surface area (Å²) < 4.78 is 2.01. The third kappa shape index (κ3) is 3.84. The Bertz CT molecular complexity index is 1020. The summed E-state index contributed by atoms with van der Waals surface area (Å²) in [5.41, 5.74) is 3.14. The number of carbonyl (C=O) groups is 2. The third-order valence-corrected chi connectivity index (χ3v) is 6.88. The van der Waals surface area contributed by atoms with Crippen LogP contribution < -0.4 is 5.32 Å². The van der Waals surface area contributed by atoms with Gasteiger partial charge < -0.3 is 10.2 Å². The molecule has 1 saturated carbocycles.